The number of ketones is 6. The van der Waals surface area contributed by atoms with Crippen molar-refractivity contribution in [1.82, 2.24) is 19.9 Å². The largest absolute Gasteiger partial charge is 3.00 e. The van der Waals surface area contributed by atoms with Crippen LogP contribution in [0.2, 0.25) is 0 Å². The molecule has 0 unspecified atom stereocenters. The number of carbonyl (C=O) groups is 6. The van der Waals surface area contributed by atoms with Crippen molar-refractivity contribution in [3.05, 3.63) is 275 Å². The van der Waals surface area contributed by atoms with E-state index in [1.165, 1.54) is 0 Å². The number of pyridine rings is 4. The van der Waals surface area contributed by atoms with E-state index < -0.39 is 140 Å². The van der Waals surface area contributed by atoms with Crippen LogP contribution in [0, 0.1) is 80.8 Å². The van der Waals surface area contributed by atoms with Gasteiger partial charge in [0.15, 0.2) is 34.7 Å². The molecule has 0 spiro atoms. The minimum absolute atomic E-state index is 0. The molecule has 7 rings (SSSR count). The van der Waals surface area contributed by atoms with E-state index in [9.17, 15) is 138 Å². The molecule has 3 aromatic carbocycles. The standard InChI is InChI=1S/3C14H8F6O4.2C10H8N2.2CH2Cl2.2Sm/c3*15-13(16,17)11(23)5-9(21)7-2-1-3-8(4-7)10(22)6-12(24)14(18,19)20;2*1-3-7-11-9(5-1)10-6-2-4-8-12-10;2*2-1-3;;/h3*1-6,23-24H;2*1-8H;2*1H2;;/q;;;;;;;2*+3/p-6/b3*11-5-,12-6-;;;;;;. The van der Waals surface area contributed by atoms with Crippen LogP contribution in [0.1, 0.15) is 62.1 Å². The van der Waals surface area contributed by atoms with Gasteiger partial charge in [0.1, 0.15) is 0 Å². The minimum Gasteiger partial charge on any atom is -0.869 e. The summed E-state index contributed by atoms with van der Waals surface area (Å²) in [5, 5.41) is 64.5. The third kappa shape index (κ3) is 38.2. The molecule has 2 radical (unpaired) electrons. The van der Waals surface area contributed by atoms with E-state index in [2.05, 4.69) is 19.9 Å². The Morgan fingerprint density at radius 1 is 0.269 bits per heavy atom. The molecule has 4 aromatic heterocycles. The zero-order valence-corrected chi connectivity index (χ0v) is 59.1. The molecule has 0 aliphatic rings. The van der Waals surface area contributed by atoms with Gasteiger partial charge in [-0.3, -0.25) is 48.7 Å². The number of alkyl halides is 22. The Kier molecular flexibility index (Phi) is 44.2. The second-order valence-corrected chi connectivity index (χ2v) is 19.6. The first-order valence-corrected chi connectivity index (χ1v) is 28.6. The van der Waals surface area contributed by atoms with Crippen LogP contribution in [-0.4, -0.2) is 102 Å². The van der Waals surface area contributed by atoms with Gasteiger partial charge in [0, 0.05) is 58.2 Å². The molecule has 0 saturated carbocycles. The summed E-state index contributed by atoms with van der Waals surface area (Å²) in [6, 6.07) is 33.9. The maximum Gasteiger partial charge on any atom is 3.00 e. The Bertz CT molecular complexity index is 3490. The van der Waals surface area contributed by atoms with Crippen molar-refractivity contribution in [1.29, 1.82) is 0 Å². The normalized spacial score (nSPS) is 12.1. The number of allylic oxidation sites excluding steroid dienone is 12. The average Bonchev–Trinajstić information content (AvgIpc) is 0.832. The number of aromatic nitrogens is 4. The number of rotatable bonds is 14. The summed E-state index contributed by atoms with van der Waals surface area (Å²) in [6.45, 7) is 0. The molecule has 0 bridgehead atoms. The molecule has 0 fully saturated rings. The fraction of sp³-hybridized carbons (Fsp3) is 0.125. The van der Waals surface area contributed by atoms with Crippen LogP contribution in [-0.2, 0) is 0 Å². The van der Waals surface area contributed by atoms with Crippen LogP contribution in [0.4, 0.5) is 79.0 Å². The molecule has 0 aliphatic heterocycles. The molecule has 0 saturated heterocycles. The number of hydrogen-bond acceptors (Lipinski definition) is 16. The van der Waals surface area contributed by atoms with Crippen LogP contribution in [0.25, 0.3) is 22.8 Å². The molecule has 0 amide bonds. The van der Waals surface area contributed by atoms with Crippen LogP contribution >= 0.6 is 46.4 Å². The second kappa shape index (κ2) is 46.8. The topological polar surface area (TPSA) is 292 Å². The fourth-order valence-corrected chi connectivity index (χ4v) is 6.24. The maximum atomic E-state index is 12.1. The summed E-state index contributed by atoms with van der Waals surface area (Å²) in [5.74, 6) is -22.9. The van der Waals surface area contributed by atoms with Crippen molar-refractivity contribution in [3.63, 3.8) is 0 Å². The fourth-order valence-electron chi connectivity index (χ4n) is 6.24. The van der Waals surface area contributed by atoms with Gasteiger partial charge >= 0.3 is 118 Å². The van der Waals surface area contributed by atoms with Gasteiger partial charge in [-0.2, -0.15) is 79.0 Å². The van der Waals surface area contributed by atoms with E-state index in [-0.39, 0.29) is 128 Å². The smallest absolute Gasteiger partial charge is 0.869 e. The van der Waals surface area contributed by atoms with Gasteiger partial charge in [-0.1, -0.05) is 78.9 Å². The van der Waals surface area contributed by atoms with Gasteiger partial charge in [0.2, 0.25) is 0 Å². The van der Waals surface area contributed by atoms with Gasteiger partial charge in [0.25, 0.3) is 0 Å². The van der Waals surface area contributed by atoms with Gasteiger partial charge < -0.3 is 30.6 Å². The summed E-state index contributed by atoms with van der Waals surface area (Å²) >= 11 is 19.1. The molecular weight excluding hydrogens is 1800 g/mol. The summed E-state index contributed by atoms with van der Waals surface area (Å²) in [7, 11) is 0. The Balaban J connectivity index is 0. The maximum absolute atomic E-state index is 12.1. The molecule has 552 valence electrons. The molecule has 0 aliphatic carbocycles. The Morgan fingerprint density at radius 3 is 0.510 bits per heavy atom. The van der Waals surface area contributed by atoms with Gasteiger partial charge in [-0.25, -0.2) is 0 Å². The summed E-state index contributed by atoms with van der Waals surface area (Å²) in [4.78, 5) is 85.8. The Labute approximate surface area is 659 Å². The summed E-state index contributed by atoms with van der Waals surface area (Å²) in [5.41, 5.74) is 0.445. The van der Waals surface area contributed by atoms with E-state index in [0.717, 1.165) is 77.4 Å². The molecule has 16 nitrogen and oxygen atoms in total. The van der Waals surface area contributed by atoms with E-state index in [4.69, 9.17) is 46.4 Å². The number of carbonyl (C=O) groups excluding carboxylic acids is 6. The molecule has 0 N–H and O–H groups in total. The van der Waals surface area contributed by atoms with Crippen LogP contribution in [0.5, 0.6) is 0 Å². The summed E-state index contributed by atoms with van der Waals surface area (Å²) in [6.07, 6.45) is -26.1. The van der Waals surface area contributed by atoms with Crippen molar-refractivity contribution in [2.45, 2.75) is 37.1 Å². The van der Waals surface area contributed by atoms with Crippen molar-refractivity contribution < 1.29 is 219 Å². The number of nitrogens with zero attached hydrogens (tertiary/aromatic N) is 4. The van der Waals surface area contributed by atoms with Gasteiger partial charge in [-0.05, 0) is 138 Å². The van der Waals surface area contributed by atoms with Gasteiger partial charge in [0.05, 0.1) is 33.5 Å². The third-order valence-electron chi connectivity index (χ3n) is 10.7. The quantitative estimate of drug-likeness (QED) is 0.0321. The van der Waals surface area contributed by atoms with Crippen LogP contribution < -0.4 is 30.6 Å². The SMILES string of the molecule is ClCCl.ClCCl.O=C(/C=C(\[O-])C(F)(F)F)c1cccc(C(=O)/C=C(\[O-])C(F)(F)F)c1.O=C(/C=C(\[O-])C(F)(F)F)c1cccc(C(=O)/C=C(\[O-])C(F)(F)F)c1.O=C(/C=C(\[O-])C(F)(F)F)c1cccc(C(=O)/C=C(\[O-])C(F)(F)F)c1.[Sm+3].[Sm+3].c1ccc(-c2ccccn2)nc1.c1ccc(-c2ccccn2)nc1. The predicted octanol–water partition coefficient (Wildman–Crippen LogP) is 12.1. The van der Waals surface area contributed by atoms with Crippen molar-refractivity contribution in [3.8, 4) is 22.8 Å². The molecule has 4 heterocycles. The van der Waals surface area contributed by atoms with Crippen molar-refractivity contribution in [2.24, 2.45) is 0 Å². The summed E-state index contributed by atoms with van der Waals surface area (Å²) < 4.78 is 217. The van der Waals surface area contributed by atoms with Crippen molar-refractivity contribution >= 4 is 81.1 Å². The second-order valence-electron chi connectivity index (χ2n) is 18.0. The van der Waals surface area contributed by atoms with Crippen molar-refractivity contribution in [2.75, 3.05) is 10.7 Å². The molecule has 0 atom stereocenters. The van der Waals surface area contributed by atoms with E-state index in [1.807, 2.05) is 72.8 Å². The monoisotopic (exact) mass is 1840 g/mol. The number of hydrogen-bond donors (Lipinski definition) is 0. The average molecular weight is 1840 g/mol. The van der Waals surface area contributed by atoms with E-state index >= 15 is 0 Å². The first kappa shape index (κ1) is 98.1. The van der Waals surface area contributed by atoms with Crippen LogP contribution in [0.3, 0.4) is 0 Å². The first-order valence-electron chi connectivity index (χ1n) is 26.4. The predicted molar refractivity (Wildman–Crippen MR) is 318 cm³/mol. The van der Waals surface area contributed by atoms with E-state index in [0.29, 0.717) is 18.2 Å². The zero-order chi connectivity index (χ0) is 78.0. The minimum atomic E-state index is -5.27. The number of halogens is 22. The molecule has 40 heteroatoms. The Morgan fingerprint density at radius 2 is 0.404 bits per heavy atom. The first-order chi connectivity index (χ1) is 47.2. The zero-order valence-electron chi connectivity index (χ0n) is 50.9. The molecular formula is C64H38Cl4F18N4O12Sm2. The molecule has 104 heavy (non-hydrogen) atoms. The van der Waals surface area contributed by atoms with Gasteiger partial charge in [-0.15, -0.1) is 46.4 Å². The van der Waals surface area contributed by atoms with E-state index in [1.54, 1.807) is 24.8 Å². The third-order valence-corrected chi connectivity index (χ3v) is 10.7. The van der Waals surface area contributed by atoms with Crippen LogP contribution in [0.15, 0.2) is 241 Å². The number of benzene rings is 3. The molecule has 7 aromatic rings. The Hall–Kier alpha value is -7.90.